The van der Waals surface area contributed by atoms with Crippen molar-refractivity contribution in [3.05, 3.63) is 59.7 Å². The molecule has 2 aromatic rings. The van der Waals surface area contributed by atoms with Gasteiger partial charge in [0.15, 0.2) is 0 Å². The van der Waals surface area contributed by atoms with Gasteiger partial charge in [-0.3, -0.25) is 4.79 Å². The van der Waals surface area contributed by atoms with Crippen LogP contribution in [0.1, 0.15) is 37.3 Å². The zero-order chi connectivity index (χ0) is 17.7. The van der Waals surface area contributed by atoms with Gasteiger partial charge in [0.25, 0.3) is 0 Å². The predicted molar refractivity (Wildman–Crippen MR) is 95.3 cm³/mol. The molecule has 0 saturated heterocycles. The molecule has 3 N–H and O–H groups in total. The van der Waals surface area contributed by atoms with Crippen LogP contribution in [0.4, 0.5) is 5.69 Å². The molecule has 0 spiro atoms. The van der Waals surface area contributed by atoms with Crippen molar-refractivity contribution in [3.63, 3.8) is 0 Å². The van der Waals surface area contributed by atoms with Crippen molar-refractivity contribution < 1.29 is 13.2 Å². The summed E-state index contributed by atoms with van der Waals surface area (Å²) in [4.78, 5) is 12.1. The average molecular weight is 346 g/mol. The topological polar surface area (TPSA) is 89.3 Å². The highest BCUT2D eigenvalue weighted by molar-refractivity contribution is 7.89. The molecule has 0 aliphatic rings. The Hall–Kier alpha value is -2.18. The predicted octanol–water partition coefficient (Wildman–Crippen LogP) is 3.03. The lowest BCUT2D eigenvalue weighted by atomic mass is 10.0. The number of carbonyl (C=O) groups excluding carboxylic acids is 1. The first-order valence-corrected chi connectivity index (χ1v) is 9.32. The number of rotatable bonds is 6. The van der Waals surface area contributed by atoms with E-state index in [1.165, 1.54) is 17.7 Å². The largest absolute Gasteiger partial charge is 0.326 e. The number of carbonyl (C=O) groups is 1. The van der Waals surface area contributed by atoms with Crippen LogP contribution < -0.4 is 10.5 Å². The van der Waals surface area contributed by atoms with Gasteiger partial charge in [-0.2, -0.15) is 0 Å². The number of sulfonamides is 1. The summed E-state index contributed by atoms with van der Waals surface area (Å²) in [5.41, 5.74) is 2.84. The van der Waals surface area contributed by atoms with E-state index in [4.69, 9.17) is 5.14 Å². The Morgan fingerprint density at radius 2 is 1.79 bits per heavy atom. The molecule has 0 radical (unpaired) electrons. The number of hydrogen-bond donors (Lipinski definition) is 2. The first-order valence-electron chi connectivity index (χ1n) is 7.77. The van der Waals surface area contributed by atoms with Gasteiger partial charge >= 0.3 is 0 Å². The number of anilines is 1. The zero-order valence-corrected chi connectivity index (χ0v) is 14.6. The van der Waals surface area contributed by atoms with Crippen molar-refractivity contribution in [2.45, 2.75) is 37.5 Å². The fourth-order valence-corrected chi connectivity index (χ4v) is 2.82. The van der Waals surface area contributed by atoms with Gasteiger partial charge in [-0.25, -0.2) is 13.6 Å². The molecule has 0 fully saturated rings. The molecule has 0 unspecified atom stereocenters. The van der Waals surface area contributed by atoms with E-state index in [0.717, 1.165) is 11.3 Å². The molecule has 0 aromatic heterocycles. The van der Waals surface area contributed by atoms with Crippen molar-refractivity contribution in [2.24, 2.45) is 5.14 Å². The van der Waals surface area contributed by atoms with E-state index >= 15 is 0 Å². The minimum Gasteiger partial charge on any atom is -0.326 e. The SMILES string of the molecule is CC(C)c1cccc(NC(=O)CCc2ccc(S(N)(=O)=O)cc2)c1. The maximum Gasteiger partial charge on any atom is 0.238 e. The highest BCUT2D eigenvalue weighted by Crippen LogP contribution is 2.19. The molecule has 0 aliphatic carbocycles. The molecule has 128 valence electrons. The van der Waals surface area contributed by atoms with Gasteiger partial charge < -0.3 is 5.32 Å². The van der Waals surface area contributed by atoms with Crippen molar-refractivity contribution in [1.29, 1.82) is 0 Å². The highest BCUT2D eigenvalue weighted by Gasteiger charge is 2.08. The lowest BCUT2D eigenvalue weighted by Gasteiger charge is -2.09. The van der Waals surface area contributed by atoms with Crippen LogP contribution in [0.15, 0.2) is 53.4 Å². The van der Waals surface area contributed by atoms with Crippen molar-refractivity contribution in [1.82, 2.24) is 0 Å². The molecule has 6 heteroatoms. The monoisotopic (exact) mass is 346 g/mol. The second-order valence-corrected chi connectivity index (χ2v) is 7.58. The average Bonchev–Trinajstić information content (AvgIpc) is 2.53. The fraction of sp³-hybridized carbons (Fsp3) is 0.278. The van der Waals surface area contributed by atoms with Gasteiger partial charge in [-0.1, -0.05) is 38.1 Å². The van der Waals surface area contributed by atoms with Crippen LogP contribution in [-0.4, -0.2) is 14.3 Å². The quantitative estimate of drug-likeness (QED) is 0.842. The third-order valence-electron chi connectivity index (χ3n) is 3.73. The maximum absolute atomic E-state index is 12.1. The van der Waals surface area contributed by atoms with Gasteiger partial charge in [-0.15, -0.1) is 0 Å². The highest BCUT2D eigenvalue weighted by atomic mass is 32.2. The van der Waals surface area contributed by atoms with Crippen molar-refractivity contribution >= 4 is 21.6 Å². The first kappa shape index (κ1) is 18.2. The minimum atomic E-state index is -3.68. The second kappa shape index (κ2) is 7.59. The van der Waals surface area contributed by atoms with E-state index < -0.39 is 10.0 Å². The number of primary sulfonamides is 1. The van der Waals surface area contributed by atoms with Gasteiger partial charge in [-0.05, 0) is 47.7 Å². The van der Waals surface area contributed by atoms with Gasteiger partial charge in [0, 0.05) is 12.1 Å². The minimum absolute atomic E-state index is 0.0706. The summed E-state index contributed by atoms with van der Waals surface area (Å²) >= 11 is 0. The molecule has 0 heterocycles. The van der Waals surface area contributed by atoms with Crippen molar-refractivity contribution in [3.8, 4) is 0 Å². The molecule has 1 amide bonds. The Morgan fingerprint density at radius 1 is 1.12 bits per heavy atom. The molecule has 24 heavy (non-hydrogen) atoms. The molecule has 0 saturated carbocycles. The zero-order valence-electron chi connectivity index (χ0n) is 13.8. The van der Waals surface area contributed by atoms with Crippen LogP contribution in [0.3, 0.4) is 0 Å². The smallest absolute Gasteiger partial charge is 0.238 e. The van der Waals surface area contributed by atoms with Crippen molar-refractivity contribution in [2.75, 3.05) is 5.32 Å². The van der Waals surface area contributed by atoms with Crippen LogP contribution in [-0.2, 0) is 21.2 Å². The first-order chi connectivity index (χ1) is 11.3. The number of amides is 1. The lowest BCUT2D eigenvalue weighted by molar-refractivity contribution is -0.116. The van der Waals surface area contributed by atoms with Crippen LogP contribution in [0.5, 0.6) is 0 Å². The Labute approximate surface area is 142 Å². The number of nitrogens with one attached hydrogen (secondary N) is 1. The van der Waals surface area contributed by atoms with E-state index in [1.807, 2.05) is 24.3 Å². The molecule has 0 bridgehead atoms. The van der Waals surface area contributed by atoms with Crippen LogP contribution >= 0.6 is 0 Å². The molecule has 0 atom stereocenters. The summed E-state index contributed by atoms with van der Waals surface area (Å²) in [6.07, 6.45) is 0.848. The van der Waals surface area contributed by atoms with Crippen LogP contribution in [0.2, 0.25) is 0 Å². The number of benzene rings is 2. The Morgan fingerprint density at radius 3 is 2.38 bits per heavy atom. The van der Waals surface area contributed by atoms with Crippen LogP contribution in [0, 0.1) is 0 Å². The molecule has 2 rings (SSSR count). The standard InChI is InChI=1S/C18H22N2O3S/c1-13(2)15-4-3-5-16(12-15)20-18(21)11-8-14-6-9-17(10-7-14)24(19,22)23/h3-7,9-10,12-13H,8,11H2,1-2H3,(H,20,21)(H2,19,22,23). The van der Waals surface area contributed by atoms with E-state index in [0.29, 0.717) is 18.8 Å². The molecular formula is C18H22N2O3S. The molecule has 5 nitrogen and oxygen atoms in total. The van der Waals surface area contributed by atoms with E-state index in [-0.39, 0.29) is 10.8 Å². The van der Waals surface area contributed by atoms with Gasteiger partial charge in [0.05, 0.1) is 4.90 Å². The maximum atomic E-state index is 12.1. The molecular weight excluding hydrogens is 324 g/mol. The Bertz CT molecular complexity index is 812. The second-order valence-electron chi connectivity index (χ2n) is 6.02. The molecule has 2 aromatic carbocycles. The third-order valence-corrected chi connectivity index (χ3v) is 4.66. The summed E-state index contributed by atoms with van der Waals surface area (Å²) in [5.74, 6) is 0.325. The fourth-order valence-electron chi connectivity index (χ4n) is 2.30. The van der Waals surface area contributed by atoms with E-state index in [1.54, 1.807) is 12.1 Å². The Balaban J connectivity index is 1.92. The molecule has 0 aliphatic heterocycles. The summed E-state index contributed by atoms with van der Waals surface area (Å²) in [6, 6.07) is 14.1. The number of aryl methyl sites for hydroxylation is 1. The summed E-state index contributed by atoms with van der Waals surface area (Å²) in [5, 5.41) is 7.94. The van der Waals surface area contributed by atoms with Gasteiger partial charge in [0.1, 0.15) is 0 Å². The summed E-state index contributed by atoms with van der Waals surface area (Å²) in [7, 11) is -3.68. The lowest BCUT2D eigenvalue weighted by Crippen LogP contribution is -2.13. The van der Waals surface area contributed by atoms with E-state index in [9.17, 15) is 13.2 Å². The van der Waals surface area contributed by atoms with Gasteiger partial charge in [0.2, 0.25) is 15.9 Å². The van der Waals surface area contributed by atoms with E-state index in [2.05, 4.69) is 19.2 Å². The number of hydrogen-bond acceptors (Lipinski definition) is 3. The third kappa shape index (κ3) is 5.18. The normalized spacial score (nSPS) is 11.5. The van der Waals surface area contributed by atoms with Crippen LogP contribution in [0.25, 0.3) is 0 Å². The number of nitrogens with two attached hydrogens (primary N) is 1. The Kier molecular flexibility index (Phi) is 5.75. The summed E-state index contributed by atoms with van der Waals surface area (Å²) in [6.45, 7) is 4.21. The summed E-state index contributed by atoms with van der Waals surface area (Å²) < 4.78 is 22.4.